The number of nitrogens with two attached hydrogens (primary N) is 1. The van der Waals surface area contributed by atoms with E-state index >= 15 is 0 Å². The van der Waals surface area contributed by atoms with Crippen molar-refractivity contribution in [2.75, 3.05) is 17.3 Å². The fourth-order valence-electron chi connectivity index (χ4n) is 1.12. The number of nitrogens with zero attached hydrogens (tertiary/aromatic N) is 1. The van der Waals surface area contributed by atoms with E-state index in [1.165, 1.54) is 0 Å². The summed E-state index contributed by atoms with van der Waals surface area (Å²) in [5.74, 6) is 0.216. The summed E-state index contributed by atoms with van der Waals surface area (Å²) in [4.78, 5) is 11.5. The van der Waals surface area contributed by atoms with Crippen LogP contribution in [0.25, 0.3) is 0 Å². The van der Waals surface area contributed by atoms with Gasteiger partial charge >= 0.3 is 0 Å². The number of aryl methyl sites for hydroxylation is 1. The van der Waals surface area contributed by atoms with Gasteiger partial charge in [0, 0.05) is 12.3 Å². The van der Waals surface area contributed by atoms with Gasteiger partial charge in [-0.1, -0.05) is 5.16 Å². The first kappa shape index (κ1) is 13.7. The number of nitrogens with one attached hydrogen (secondary N) is 1. The topological polar surface area (TPSA) is 115 Å². The lowest BCUT2D eigenvalue weighted by Gasteiger charge is -2.09. The number of anilines is 1. The molecule has 0 radical (unpaired) electrons. The normalized spacial score (nSPS) is 13.4. The first-order valence-corrected chi connectivity index (χ1v) is 7.01. The molecular formula is C9H15N3O4S. The molecule has 0 spiro atoms. The summed E-state index contributed by atoms with van der Waals surface area (Å²) in [5.41, 5.74) is 5.54. The molecule has 0 aliphatic carbocycles. The fourth-order valence-corrected chi connectivity index (χ4v) is 1.80. The number of sulfone groups is 1. The lowest BCUT2D eigenvalue weighted by molar-refractivity contribution is -0.117. The largest absolute Gasteiger partial charge is 0.360 e. The average Bonchev–Trinajstić information content (AvgIpc) is 2.59. The van der Waals surface area contributed by atoms with E-state index in [1.807, 2.05) is 0 Å². The van der Waals surface area contributed by atoms with Gasteiger partial charge in [-0.25, -0.2) is 8.42 Å². The summed E-state index contributed by atoms with van der Waals surface area (Å²) in [5, 5.41) is 6.00. The fraction of sp³-hybridized carbons (Fsp3) is 0.556. The van der Waals surface area contributed by atoms with Gasteiger partial charge in [0.15, 0.2) is 5.82 Å². The monoisotopic (exact) mass is 261 g/mol. The molecule has 0 saturated heterocycles. The molecule has 7 nitrogen and oxygen atoms in total. The average molecular weight is 261 g/mol. The second kappa shape index (κ2) is 5.28. The zero-order valence-electron chi connectivity index (χ0n) is 9.63. The molecule has 1 aromatic heterocycles. The smallest absolute Gasteiger partial charge is 0.242 e. The van der Waals surface area contributed by atoms with Crippen molar-refractivity contribution in [2.24, 2.45) is 5.73 Å². The molecule has 8 heteroatoms. The molecule has 0 bridgehead atoms. The number of hydrogen-bond acceptors (Lipinski definition) is 6. The van der Waals surface area contributed by atoms with Gasteiger partial charge in [0.2, 0.25) is 5.91 Å². The van der Waals surface area contributed by atoms with Crippen molar-refractivity contribution in [2.45, 2.75) is 19.4 Å². The van der Waals surface area contributed by atoms with Crippen LogP contribution < -0.4 is 11.1 Å². The van der Waals surface area contributed by atoms with Crippen molar-refractivity contribution >= 4 is 21.6 Å². The quantitative estimate of drug-likeness (QED) is 0.750. The van der Waals surface area contributed by atoms with E-state index in [2.05, 4.69) is 10.5 Å². The van der Waals surface area contributed by atoms with E-state index in [4.69, 9.17) is 10.3 Å². The molecular weight excluding hydrogens is 246 g/mol. The third-order valence-corrected chi connectivity index (χ3v) is 2.99. The van der Waals surface area contributed by atoms with E-state index in [0.29, 0.717) is 5.76 Å². The van der Waals surface area contributed by atoms with Crippen LogP contribution in [0.5, 0.6) is 0 Å². The molecule has 1 unspecified atom stereocenters. The molecule has 0 aliphatic rings. The Bertz CT molecular complexity index is 494. The summed E-state index contributed by atoms with van der Waals surface area (Å²) in [7, 11) is -3.12. The maximum absolute atomic E-state index is 11.5. The first-order chi connectivity index (χ1) is 7.78. The minimum atomic E-state index is -3.12. The summed E-state index contributed by atoms with van der Waals surface area (Å²) in [6.45, 7) is 1.69. The Kier molecular flexibility index (Phi) is 4.24. The van der Waals surface area contributed by atoms with Crippen LogP contribution in [0, 0.1) is 6.92 Å². The van der Waals surface area contributed by atoms with Crippen molar-refractivity contribution in [1.29, 1.82) is 0 Å². The van der Waals surface area contributed by atoms with Gasteiger partial charge < -0.3 is 15.6 Å². The maximum Gasteiger partial charge on any atom is 0.242 e. The molecule has 96 valence electrons. The third-order valence-electron chi connectivity index (χ3n) is 2.02. The van der Waals surface area contributed by atoms with Gasteiger partial charge in [0.1, 0.15) is 15.6 Å². The zero-order valence-corrected chi connectivity index (χ0v) is 10.5. The van der Waals surface area contributed by atoms with Crippen molar-refractivity contribution < 1.29 is 17.7 Å². The molecule has 1 atom stereocenters. The van der Waals surface area contributed by atoms with Crippen LogP contribution in [-0.2, 0) is 14.6 Å². The van der Waals surface area contributed by atoms with Crippen LogP contribution in [0.3, 0.4) is 0 Å². The van der Waals surface area contributed by atoms with Crippen molar-refractivity contribution in [3.63, 3.8) is 0 Å². The first-order valence-electron chi connectivity index (χ1n) is 4.95. The van der Waals surface area contributed by atoms with Crippen LogP contribution in [0.4, 0.5) is 5.82 Å². The molecule has 0 aromatic carbocycles. The van der Waals surface area contributed by atoms with Crippen LogP contribution >= 0.6 is 0 Å². The number of hydrogen-bond donors (Lipinski definition) is 2. The highest BCUT2D eigenvalue weighted by atomic mass is 32.2. The molecule has 3 N–H and O–H groups in total. The second-order valence-corrected chi connectivity index (χ2v) is 6.10. The minimum absolute atomic E-state index is 0.0709. The summed E-state index contributed by atoms with van der Waals surface area (Å²) < 4.78 is 26.6. The van der Waals surface area contributed by atoms with Crippen LogP contribution in [0.15, 0.2) is 10.6 Å². The highest BCUT2D eigenvalue weighted by Gasteiger charge is 2.17. The lowest BCUT2D eigenvalue weighted by Crippen LogP contribution is -2.37. The summed E-state index contributed by atoms with van der Waals surface area (Å²) >= 11 is 0. The van der Waals surface area contributed by atoms with E-state index < -0.39 is 21.8 Å². The van der Waals surface area contributed by atoms with Crippen molar-refractivity contribution in [1.82, 2.24) is 5.16 Å². The Labute approximate surface area is 99.3 Å². The standard InChI is InChI=1S/C9H15N3O4S/c1-6-5-8(12-16-6)11-9(13)7(10)3-4-17(2,14)15/h5,7H,3-4,10H2,1-2H3,(H,11,12,13). The molecule has 1 rings (SSSR count). The van der Waals surface area contributed by atoms with Crippen molar-refractivity contribution in [3.8, 4) is 0 Å². The predicted molar refractivity (Wildman–Crippen MR) is 62.2 cm³/mol. The Hall–Kier alpha value is -1.41. The molecule has 0 fully saturated rings. The number of amides is 1. The Morgan fingerprint density at radius 2 is 2.29 bits per heavy atom. The highest BCUT2D eigenvalue weighted by Crippen LogP contribution is 2.07. The Morgan fingerprint density at radius 1 is 1.65 bits per heavy atom. The molecule has 17 heavy (non-hydrogen) atoms. The lowest BCUT2D eigenvalue weighted by atomic mass is 10.2. The van der Waals surface area contributed by atoms with Gasteiger partial charge in [-0.3, -0.25) is 4.79 Å². The number of carbonyl (C=O) groups excluding carboxylic acids is 1. The maximum atomic E-state index is 11.5. The Balaban J connectivity index is 2.47. The van der Waals surface area contributed by atoms with E-state index in [1.54, 1.807) is 13.0 Å². The SMILES string of the molecule is Cc1cc(NC(=O)C(N)CCS(C)(=O)=O)no1. The summed E-state index contributed by atoms with van der Waals surface area (Å²) in [6.07, 6.45) is 1.17. The minimum Gasteiger partial charge on any atom is -0.360 e. The number of rotatable bonds is 5. The molecule has 1 amide bonds. The van der Waals surface area contributed by atoms with E-state index in [0.717, 1.165) is 6.26 Å². The van der Waals surface area contributed by atoms with Crippen LogP contribution in [0.1, 0.15) is 12.2 Å². The van der Waals surface area contributed by atoms with Gasteiger partial charge in [0.25, 0.3) is 0 Å². The van der Waals surface area contributed by atoms with Gasteiger partial charge in [-0.05, 0) is 13.3 Å². The van der Waals surface area contributed by atoms with Crippen molar-refractivity contribution in [3.05, 3.63) is 11.8 Å². The number of aromatic nitrogens is 1. The predicted octanol–water partition coefficient (Wildman–Crippen LogP) is -0.316. The molecule has 1 heterocycles. The van der Waals surface area contributed by atoms with Gasteiger partial charge in [-0.2, -0.15) is 0 Å². The third kappa shape index (κ3) is 4.96. The second-order valence-electron chi connectivity index (χ2n) is 3.84. The zero-order chi connectivity index (χ0) is 13.1. The van der Waals surface area contributed by atoms with Gasteiger partial charge in [-0.15, -0.1) is 0 Å². The van der Waals surface area contributed by atoms with Crippen LogP contribution in [-0.4, -0.2) is 37.5 Å². The van der Waals surface area contributed by atoms with Crippen LogP contribution in [0.2, 0.25) is 0 Å². The van der Waals surface area contributed by atoms with E-state index in [9.17, 15) is 13.2 Å². The summed E-state index contributed by atoms with van der Waals surface area (Å²) in [6, 6.07) is 0.656. The molecule has 1 aromatic rings. The molecule has 0 aliphatic heterocycles. The highest BCUT2D eigenvalue weighted by molar-refractivity contribution is 7.90. The van der Waals surface area contributed by atoms with Gasteiger partial charge in [0.05, 0.1) is 11.8 Å². The van der Waals surface area contributed by atoms with E-state index in [-0.39, 0.29) is 18.0 Å². The number of carbonyl (C=O) groups is 1. The molecule has 0 saturated carbocycles. The Morgan fingerprint density at radius 3 is 2.76 bits per heavy atom.